The third-order valence-corrected chi connectivity index (χ3v) is 4.62. The molecule has 0 saturated heterocycles. The van der Waals surface area contributed by atoms with Crippen LogP contribution in [0.1, 0.15) is 26.7 Å². The van der Waals surface area contributed by atoms with Crippen LogP contribution in [0.4, 0.5) is 0 Å². The van der Waals surface area contributed by atoms with Crippen LogP contribution in [0, 0.1) is 10.1 Å². The number of hydrogen-bond donors (Lipinski definition) is 0. The molecule has 0 aliphatic heterocycles. The molecule has 0 rings (SSSR count). The van der Waals surface area contributed by atoms with Crippen LogP contribution in [-0.2, 0) is 4.43 Å². The molecule has 0 radical (unpaired) electrons. The van der Waals surface area contributed by atoms with Crippen molar-refractivity contribution in [2.45, 2.75) is 51.9 Å². The predicted molar refractivity (Wildman–Crippen MR) is 98.3 cm³/mol. The van der Waals surface area contributed by atoms with Gasteiger partial charge in [0.25, 0.3) is 0 Å². The smallest absolute Gasteiger partial charge is 0.240 e. The van der Waals surface area contributed by atoms with Crippen molar-refractivity contribution in [1.82, 2.24) is 9.80 Å². The highest BCUT2D eigenvalue weighted by molar-refractivity contribution is 6.69. The van der Waals surface area contributed by atoms with E-state index in [0.29, 0.717) is 18.4 Å². The lowest BCUT2D eigenvalue weighted by atomic mass is 9.88. The molecular weight excluding hydrogens is 310 g/mol. The number of nitrogens with zero attached hydrogens (tertiary/aromatic N) is 3. The fraction of sp³-hybridized carbons (Fsp3) is 0.750. The van der Waals surface area contributed by atoms with Crippen molar-refractivity contribution in [3.8, 4) is 0 Å². The van der Waals surface area contributed by atoms with Crippen LogP contribution in [-0.4, -0.2) is 56.8 Å². The average molecular weight is 344 g/mol. The molecule has 23 heavy (non-hydrogen) atoms. The summed E-state index contributed by atoms with van der Waals surface area (Å²) in [6, 6.07) is 0. The largest absolute Gasteiger partial charge is 0.408 e. The first-order chi connectivity index (χ1) is 10.4. The van der Waals surface area contributed by atoms with Gasteiger partial charge in [-0.25, -0.2) is 0 Å². The van der Waals surface area contributed by atoms with Crippen molar-refractivity contribution in [3.63, 3.8) is 0 Å². The Hall–Kier alpha value is -1.34. The van der Waals surface area contributed by atoms with Crippen LogP contribution in [0.3, 0.4) is 0 Å². The Morgan fingerprint density at radius 1 is 1.13 bits per heavy atom. The van der Waals surface area contributed by atoms with E-state index in [1.807, 2.05) is 57.9 Å². The van der Waals surface area contributed by atoms with Crippen molar-refractivity contribution >= 4 is 8.32 Å². The van der Waals surface area contributed by atoms with Crippen molar-refractivity contribution in [2.75, 3.05) is 28.2 Å². The average Bonchev–Trinajstić information content (AvgIpc) is 2.38. The molecule has 0 aromatic carbocycles. The van der Waals surface area contributed by atoms with Gasteiger partial charge < -0.3 is 14.2 Å². The van der Waals surface area contributed by atoms with Crippen LogP contribution in [0.25, 0.3) is 0 Å². The molecule has 0 aromatic heterocycles. The Morgan fingerprint density at radius 3 is 1.83 bits per heavy atom. The van der Waals surface area contributed by atoms with Crippen LogP contribution in [0.2, 0.25) is 19.6 Å². The lowest BCUT2D eigenvalue weighted by molar-refractivity contribution is -0.404. The topological polar surface area (TPSA) is 58.8 Å². The Morgan fingerprint density at radius 2 is 1.57 bits per heavy atom. The highest BCUT2D eigenvalue weighted by Crippen LogP contribution is 2.34. The van der Waals surface area contributed by atoms with E-state index in [0.717, 1.165) is 12.0 Å². The van der Waals surface area contributed by atoms with Gasteiger partial charge in [0.1, 0.15) is 5.82 Å². The SMILES string of the molecule is CCC(CC)(O[Si](C)(C)C)/C(C=C(N(C)C)N(C)C)=C\[N+](=O)[O-]. The van der Waals surface area contributed by atoms with Crippen LogP contribution in [0.15, 0.2) is 23.7 Å². The van der Waals surface area contributed by atoms with E-state index in [4.69, 9.17) is 4.43 Å². The minimum absolute atomic E-state index is 0.386. The summed E-state index contributed by atoms with van der Waals surface area (Å²) < 4.78 is 6.43. The molecule has 0 N–H and O–H groups in total. The molecule has 0 spiro atoms. The van der Waals surface area contributed by atoms with Gasteiger partial charge in [-0.1, -0.05) is 13.8 Å². The monoisotopic (exact) mass is 343 g/mol. The summed E-state index contributed by atoms with van der Waals surface area (Å²) >= 11 is 0. The molecule has 0 heterocycles. The molecule has 0 saturated carbocycles. The molecule has 6 nitrogen and oxygen atoms in total. The third kappa shape index (κ3) is 6.74. The molecule has 0 aromatic rings. The third-order valence-electron chi connectivity index (χ3n) is 3.62. The van der Waals surface area contributed by atoms with Crippen molar-refractivity contribution in [1.29, 1.82) is 0 Å². The minimum Gasteiger partial charge on any atom is -0.408 e. The van der Waals surface area contributed by atoms with Gasteiger partial charge in [0.2, 0.25) is 6.20 Å². The first-order valence-electron chi connectivity index (χ1n) is 8.01. The first-order valence-corrected chi connectivity index (χ1v) is 11.4. The number of hydrogen-bond acceptors (Lipinski definition) is 5. The normalized spacial score (nSPS) is 12.8. The molecule has 0 aliphatic carbocycles. The summed E-state index contributed by atoms with van der Waals surface area (Å²) in [7, 11) is 5.83. The van der Waals surface area contributed by atoms with Crippen molar-refractivity contribution in [2.24, 2.45) is 0 Å². The zero-order chi connectivity index (χ0) is 18.4. The van der Waals surface area contributed by atoms with Gasteiger partial charge in [-0.15, -0.1) is 0 Å². The molecular formula is C16H33N3O3Si. The van der Waals surface area contributed by atoms with Gasteiger partial charge in [-0.2, -0.15) is 0 Å². The zero-order valence-corrected chi connectivity index (χ0v) is 17.1. The van der Waals surface area contributed by atoms with E-state index in [1.54, 1.807) is 0 Å². The summed E-state index contributed by atoms with van der Waals surface area (Å²) in [6.07, 6.45) is 4.35. The van der Waals surface area contributed by atoms with E-state index in [-0.39, 0.29) is 4.92 Å². The van der Waals surface area contributed by atoms with Crippen LogP contribution in [0.5, 0.6) is 0 Å². The Balaban J connectivity index is 6.23. The second kappa shape index (κ2) is 8.49. The summed E-state index contributed by atoms with van der Waals surface area (Å²) in [5.41, 5.74) is -0.0123. The molecule has 0 unspecified atom stereocenters. The predicted octanol–water partition coefficient (Wildman–Crippen LogP) is 3.52. The van der Waals surface area contributed by atoms with E-state index < -0.39 is 13.9 Å². The lowest BCUT2D eigenvalue weighted by Crippen LogP contribution is -2.43. The van der Waals surface area contributed by atoms with Crippen LogP contribution < -0.4 is 0 Å². The molecule has 134 valence electrons. The summed E-state index contributed by atoms with van der Waals surface area (Å²) in [4.78, 5) is 14.7. The standard InChI is InChI=1S/C16H33N3O3Si/c1-10-16(11-2,22-23(7,8)9)14(13-19(20)21)12-15(17(3)4)18(5)6/h12-13H,10-11H2,1-9H3/b14-13-. The summed E-state index contributed by atoms with van der Waals surface area (Å²) in [5, 5.41) is 11.2. The van der Waals surface area contributed by atoms with Crippen molar-refractivity contribution < 1.29 is 9.35 Å². The fourth-order valence-electron chi connectivity index (χ4n) is 2.64. The Kier molecular flexibility index (Phi) is 8.00. The van der Waals surface area contributed by atoms with E-state index in [9.17, 15) is 10.1 Å². The second-order valence-electron chi connectivity index (χ2n) is 7.08. The van der Waals surface area contributed by atoms with Crippen molar-refractivity contribution in [3.05, 3.63) is 33.8 Å². The van der Waals surface area contributed by atoms with Gasteiger partial charge in [-0.3, -0.25) is 10.1 Å². The van der Waals surface area contributed by atoms with Gasteiger partial charge in [0, 0.05) is 28.2 Å². The molecule has 0 fully saturated rings. The van der Waals surface area contributed by atoms with Gasteiger partial charge in [0.05, 0.1) is 16.1 Å². The molecule has 0 atom stereocenters. The first kappa shape index (κ1) is 21.7. The van der Waals surface area contributed by atoms with Crippen LogP contribution >= 0.6 is 0 Å². The highest BCUT2D eigenvalue weighted by atomic mass is 28.4. The van der Waals surface area contributed by atoms with Gasteiger partial charge >= 0.3 is 0 Å². The second-order valence-corrected chi connectivity index (χ2v) is 11.5. The fourth-order valence-corrected chi connectivity index (χ4v) is 4.22. The lowest BCUT2D eigenvalue weighted by Gasteiger charge is -2.39. The zero-order valence-electron chi connectivity index (χ0n) is 16.1. The Labute approximate surface area is 142 Å². The van der Waals surface area contributed by atoms with E-state index in [2.05, 4.69) is 19.6 Å². The minimum atomic E-state index is -1.87. The van der Waals surface area contributed by atoms with E-state index in [1.165, 1.54) is 0 Å². The van der Waals surface area contributed by atoms with E-state index >= 15 is 0 Å². The quantitative estimate of drug-likeness (QED) is 0.277. The Bertz CT molecular complexity index is 452. The molecule has 7 heteroatoms. The number of nitro groups is 1. The molecule has 0 amide bonds. The maximum absolute atomic E-state index is 11.2. The summed E-state index contributed by atoms with van der Waals surface area (Å²) in [5.74, 6) is 0.892. The van der Waals surface area contributed by atoms with Gasteiger partial charge in [-0.05, 0) is 38.6 Å². The van der Waals surface area contributed by atoms with Gasteiger partial charge in [0.15, 0.2) is 8.32 Å². The highest BCUT2D eigenvalue weighted by Gasteiger charge is 2.37. The summed E-state index contributed by atoms with van der Waals surface area (Å²) in [6.45, 7) is 10.4. The maximum Gasteiger partial charge on any atom is 0.240 e. The molecule has 0 aliphatic rings. The number of rotatable bonds is 9. The molecule has 0 bridgehead atoms. The maximum atomic E-state index is 11.2.